The first-order chi connectivity index (χ1) is 8.07. The highest BCUT2D eigenvalue weighted by Crippen LogP contribution is 2.31. The van der Waals surface area contributed by atoms with Gasteiger partial charge in [0.2, 0.25) is 0 Å². The summed E-state index contributed by atoms with van der Waals surface area (Å²) in [6, 6.07) is 2.98. The fourth-order valence-corrected chi connectivity index (χ4v) is 1.49. The predicted octanol–water partition coefficient (Wildman–Crippen LogP) is 1.52. The molecule has 0 aliphatic carbocycles. The van der Waals surface area contributed by atoms with Crippen molar-refractivity contribution in [3.05, 3.63) is 23.3 Å². The first kappa shape index (κ1) is 13.3. The van der Waals surface area contributed by atoms with E-state index in [1.54, 1.807) is 13.0 Å². The molecule has 1 rings (SSSR count). The molecule has 0 atom stereocenters. The van der Waals surface area contributed by atoms with Crippen LogP contribution in [0.4, 0.5) is 0 Å². The Bertz CT molecular complexity index is 404. The smallest absolute Gasteiger partial charge is 0.343 e. The minimum Gasteiger partial charge on any atom is -0.507 e. The number of hydrogen-bond donors (Lipinski definition) is 3. The molecule has 17 heavy (non-hydrogen) atoms. The van der Waals surface area contributed by atoms with Gasteiger partial charge in [0, 0.05) is 0 Å². The topological polar surface area (TPSA) is 92.8 Å². The molecule has 0 saturated heterocycles. The third-order valence-electron chi connectivity index (χ3n) is 2.39. The molecule has 0 spiro atoms. The standard InChI is InChI=1S/C12H17NO4/c1-8-4-5-9(14)10(12(15)16)11(8)17-7-3-2-6-13/h4-5,14H,2-3,6-7,13H2,1H3,(H,15,16). The molecular weight excluding hydrogens is 222 g/mol. The summed E-state index contributed by atoms with van der Waals surface area (Å²) >= 11 is 0. The molecule has 5 heteroatoms. The molecule has 0 heterocycles. The molecule has 0 aliphatic heterocycles. The van der Waals surface area contributed by atoms with Gasteiger partial charge in [0.15, 0.2) is 0 Å². The lowest BCUT2D eigenvalue weighted by Gasteiger charge is -2.12. The summed E-state index contributed by atoms with van der Waals surface area (Å²) < 4.78 is 5.42. The van der Waals surface area contributed by atoms with Crippen LogP contribution < -0.4 is 10.5 Å². The van der Waals surface area contributed by atoms with Crippen molar-refractivity contribution in [2.24, 2.45) is 5.73 Å². The summed E-state index contributed by atoms with van der Waals surface area (Å²) in [5.41, 5.74) is 5.86. The second-order valence-electron chi connectivity index (χ2n) is 3.76. The van der Waals surface area contributed by atoms with Crippen molar-refractivity contribution in [1.29, 1.82) is 0 Å². The summed E-state index contributed by atoms with van der Waals surface area (Å²) in [6.45, 7) is 2.71. The number of aryl methyl sites for hydroxylation is 1. The Morgan fingerprint density at radius 3 is 2.71 bits per heavy atom. The van der Waals surface area contributed by atoms with Crippen LogP contribution in [0, 0.1) is 6.92 Å². The van der Waals surface area contributed by atoms with Crippen molar-refractivity contribution in [3.8, 4) is 11.5 Å². The van der Waals surface area contributed by atoms with Gasteiger partial charge in [-0.25, -0.2) is 4.79 Å². The summed E-state index contributed by atoms with van der Waals surface area (Å²) in [5, 5.41) is 18.5. The first-order valence-electron chi connectivity index (χ1n) is 5.46. The molecular formula is C12H17NO4. The number of hydrogen-bond acceptors (Lipinski definition) is 4. The number of nitrogens with two attached hydrogens (primary N) is 1. The zero-order chi connectivity index (χ0) is 12.8. The van der Waals surface area contributed by atoms with E-state index in [1.165, 1.54) is 6.07 Å². The Labute approximate surface area is 99.8 Å². The summed E-state index contributed by atoms with van der Waals surface area (Å²) in [6.07, 6.45) is 1.57. The Kier molecular flexibility index (Phi) is 4.78. The Morgan fingerprint density at radius 1 is 1.41 bits per heavy atom. The van der Waals surface area contributed by atoms with Crippen LogP contribution in [0.3, 0.4) is 0 Å². The van der Waals surface area contributed by atoms with Gasteiger partial charge in [0.1, 0.15) is 17.1 Å². The molecule has 0 aliphatic rings. The van der Waals surface area contributed by atoms with E-state index in [2.05, 4.69) is 0 Å². The van der Waals surface area contributed by atoms with E-state index in [0.29, 0.717) is 18.7 Å². The largest absolute Gasteiger partial charge is 0.507 e. The summed E-state index contributed by atoms with van der Waals surface area (Å²) in [7, 11) is 0. The van der Waals surface area contributed by atoms with Gasteiger partial charge >= 0.3 is 5.97 Å². The molecule has 0 unspecified atom stereocenters. The van der Waals surface area contributed by atoms with Crippen LogP contribution in [0.25, 0.3) is 0 Å². The number of rotatable bonds is 6. The van der Waals surface area contributed by atoms with Crippen LogP contribution in [-0.2, 0) is 0 Å². The molecule has 94 valence electrons. The van der Waals surface area contributed by atoms with Crippen molar-refractivity contribution >= 4 is 5.97 Å². The highest BCUT2D eigenvalue weighted by molar-refractivity contribution is 5.94. The van der Waals surface area contributed by atoms with Gasteiger partial charge in [-0.1, -0.05) is 6.07 Å². The Balaban J connectivity index is 2.88. The normalized spacial score (nSPS) is 10.2. The molecule has 0 saturated carbocycles. The second kappa shape index (κ2) is 6.10. The third-order valence-corrected chi connectivity index (χ3v) is 2.39. The average molecular weight is 239 g/mol. The van der Waals surface area contributed by atoms with Crippen molar-refractivity contribution in [1.82, 2.24) is 0 Å². The molecule has 5 nitrogen and oxygen atoms in total. The van der Waals surface area contributed by atoms with Gasteiger partial charge in [0.25, 0.3) is 0 Å². The Hall–Kier alpha value is -1.75. The van der Waals surface area contributed by atoms with Crippen LogP contribution in [0.2, 0.25) is 0 Å². The highest BCUT2D eigenvalue weighted by atomic mass is 16.5. The maximum absolute atomic E-state index is 11.0. The van der Waals surface area contributed by atoms with Crippen LogP contribution in [0.1, 0.15) is 28.8 Å². The van der Waals surface area contributed by atoms with E-state index in [-0.39, 0.29) is 17.1 Å². The molecule has 1 aromatic rings. The first-order valence-corrected chi connectivity index (χ1v) is 5.46. The predicted molar refractivity (Wildman–Crippen MR) is 63.6 cm³/mol. The molecule has 0 radical (unpaired) electrons. The van der Waals surface area contributed by atoms with E-state index in [9.17, 15) is 9.90 Å². The van der Waals surface area contributed by atoms with Crippen molar-refractivity contribution < 1.29 is 19.7 Å². The number of aromatic carboxylic acids is 1. The van der Waals surface area contributed by atoms with Crippen molar-refractivity contribution in [2.45, 2.75) is 19.8 Å². The average Bonchev–Trinajstić information content (AvgIpc) is 2.28. The van der Waals surface area contributed by atoms with Gasteiger partial charge in [0.05, 0.1) is 6.61 Å². The lowest BCUT2D eigenvalue weighted by molar-refractivity contribution is 0.0688. The van der Waals surface area contributed by atoms with Crippen LogP contribution in [-0.4, -0.2) is 29.3 Å². The zero-order valence-electron chi connectivity index (χ0n) is 9.77. The number of benzene rings is 1. The summed E-state index contributed by atoms with van der Waals surface area (Å²) in [4.78, 5) is 11.0. The van der Waals surface area contributed by atoms with Crippen molar-refractivity contribution in [3.63, 3.8) is 0 Å². The van der Waals surface area contributed by atoms with Crippen molar-refractivity contribution in [2.75, 3.05) is 13.2 Å². The molecule has 1 aromatic carbocycles. The molecule has 0 bridgehead atoms. The molecule has 0 fully saturated rings. The summed E-state index contributed by atoms with van der Waals surface area (Å²) in [5.74, 6) is -1.24. The van der Waals surface area contributed by atoms with Gasteiger partial charge < -0.3 is 20.7 Å². The number of carbonyl (C=O) groups is 1. The number of carboxylic acid groups (broad SMARTS) is 1. The lowest BCUT2D eigenvalue weighted by Crippen LogP contribution is -2.08. The van der Waals surface area contributed by atoms with E-state index in [1.807, 2.05) is 0 Å². The number of aromatic hydroxyl groups is 1. The molecule has 0 aromatic heterocycles. The van der Waals surface area contributed by atoms with Gasteiger partial charge in [-0.2, -0.15) is 0 Å². The fourth-order valence-electron chi connectivity index (χ4n) is 1.49. The number of unbranched alkanes of at least 4 members (excludes halogenated alkanes) is 1. The number of ether oxygens (including phenoxy) is 1. The quantitative estimate of drug-likeness (QED) is 0.654. The van der Waals surface area contributed by atoms with Gasteiger partial charge in [-0.15, -0.1) is 0 Å². The molecule has 0 amide bonds. The van der Waals surface area contributed by atoms with E-state index in [4.69, 9.17) is 15.6 Å². The minimum atomic E-state index is -1.19. The lowest BCUT2D eigenvalue weighted by atomic mass is 10.1. The minimum absolute atomic E-state index is 0.183. The number of phenols is 1. The van der Waals surface area contributed by atoms with E-state index in [0.717, 1.165) is 12.8 Å². The Morgan fingerprint density at radius 2 is 2.12 bits per heavy atom. The highest BCUT2D eigenvalue weighted by Gasteiger charge is 2.18. The maximum Gasteiger partial charge on any atom is 0.343 e. The maximum atomic E-state index is 11.0. The third kappa shape index (κ3) is 3.35. The fraction of sp³-hybridized carbons (Fsp3) is 0.417. The second-order valence-corrected chi connectivity index (χ2v) is 3.76. The number of carboxylic acids is 1. The van der Waals surface area contributed by atoms with Gasteiger partial charge in [-0.3, -0.25) is 0 Å². The zero-order valence-corrected chi connectivity index (χ0v) is 9.77. The van der Waals surface area contributed by atoms with Crippen LogP contribution in [0.15, 0.2) is 12.1 Å². The van der Waals surface area contributed by atoms with Gasteiger partial charge in [-0.05, 0) is 37.9 Å². The van der Waals surface area contributed by atoms with Crippen LogP contribution >= 0.6 is 0 Å². The molecule has 4 N–H and O–H groups in total. The monoisotopic (exact) mass is 239 g/mol. The van der Waals surface area contributed by atoms with E-state index >= 15 is 0 Å². The van der Waals surface area contributed by atoms with E-state index < -0.39 is 5.97 Å². The van der Waals surface area contributed by atoms with Crippen LogP contribution in [0.5, 0.6) is 11.5 Å². The SMILES string of the molecule is Cc1ccc(O)c(C(=O)O)c1OCCCCN.